The van der Waals surface area contributed by atoms with Crippen LogP contribution in [-0.2, 0) is 12.8 Å². The Kier molecular flexibility index (Phi) is 2.95. The first-order valence-electron chi connectivity index (χ1n) is 8.52. The number of hydrogen-bond acceptors (Lipinski definition) is 3. The van der Waals surface area contributed by atoms with Gasteiger partial charge in [0.25, 0.3) is 0 Å². The van der Waals surface area contributed by atoms with E-state index in [1.807, 2.05) is 0 Å². The highest BCUT2D eigenvalue weighted by Gasteiger charge is 2.24. The fourth-order valence-corrected chi connectivity index (χ4v) is 3.96. The third-order valence-electron chi connectivity index (χ3n) is 5.15. The first kappa shape index (κ1) is 14.2. The van der Waals surface area contributed by atoms with Crippen LogP contribution < -0.4 is 5.73 Å². The van der Waals surface area contributed by atoms with Crippen molar-refractivity contribution in [2.75, 3.05) is 5.73 Å². The van der Waals surface area contributed by atoms with E-state index in [0.717, 1.165) is 41.6 Å². The fourth-order valence-electron chi connectivity index (χ4n) is 3.96. The number of benzene rings is 2. The van der Waals surface area contributed by atoms with Gasteiger partial charge < -0.3 is 5.73 Å². The lowest BCUT2D eigenvalue weighted by molar-refractivity contribution is 0.844. The maximum absolute atomic E-state index is 6.11. The van der Waals surface area contributed by atoms with Gasteiger partial charge in [0, 0.05) is 5.56 Å². The molecule has 4 heteroatoms. The third-order valence-corrected chi connectivity index (χ3v) is 5.15. The molecule has 0 radical (unpaired) electrons. The van der Waals surface area contributed by atoms with E-state index in [9.17, 15) is 0 Å². The number of H-pyrrole nitrogens is 1. The number of rotatable bonds is 1. The summed E-state index contributed by atoms with van der Waals surface area (Å²) in [6.45, 7) is 4.19. The number of aromatic nitrogens is 3. The minimum absolute atomic E-state index is 0.526. The molecule has 25 heavy (non-hydrogen) atoms. The summed E-state index contributed by atoms with van der Waals surface area (Å²) in [5, 5.41) is 10.6. The van der Waals surface area contributed by atoms with E-state index < -0.39 is 0 Å². The van der Waals surface area contributed by atoms with Gasteiger partial charge in [0.1, 0.15) is 0 Å². The van der Waals surface area contributed by atoms with Gasteiger partial charge in [-0.1, -0.05) is 54.6 Å². The summed E-state index contributed by atoms with van der Waals surface area (Å²) in [6.07, 6.45) is 2.78. The number of anilines is 1. The first-order valence-corrected chi connectivity index (χ1v) is 8.52. The Hall–Kier alpha value is -3.14. The highest BCUT2D eigenvalue weighted by atomic mass is 15.2. The predicted octanol–water partition coefficient (Wildman–Crippen LogP) is 4.41. The highest BCUT2D eigenvalue weighted by molar-refractivity contribution is 6.00. The van der Waals surface area contributed by atoms with Gasteiger partial charge in [0.05, 0.1) is 11.1 Å². The summed E-state index contributed by atoms with van der Waals surface area (Å²) in [5.74, 6) is 0.526. The lowest BCUT2D eigenvalue weighted by Crippen LogP contribution is -2.09. The molecule has 1 aliphatic carbocycles. The van der Waals surface area contributed by atoms with Crippen molar-refractivity contribution in [3.8, 4) is 11.3 Å². The van der Waals surface area contributed by atoms with Crippen molar-refractivity contribution in [1.82, 2.24) is 15.2 Å². The molecule has 2 aromatic heterocycles. The zero-order valence-electron chi connectivity index (χ0n) is 13.8. The van der Waals surface area contributed by atoms with E-state index in [2.05, 4.69) is 59.2 Å². The van der Waals surface area contributed by atoms with Crippen molar-refractivity contribution in [3.05, 3.63) is 65.7 Å². The van der Waals surface area contributed by atoms with Gasteiger partial charge in [-0.3, -0.25) is 5.10 Å². The van der Waals surface area contributed by atoms with Crippen LogP contribution in [0.5, 0.6) is 0 Å². The number of hydrogen-bond donors (Lipinski definition) is 2. The zero-order valence-corrected chi connectivity index (χ0v) is 13.8. The molecular weight excluding hydrogens is 308 g/mol. The van der Waals surface area contributed by atoms with E-state index in [1.165, 1.54) is 27.5 Å². The lowest BCUT2D eigenvalue weighted by Gasteiger charge is -2.22. The van der Waals surface area contributed by atoms with Crippen LogP contribution in [0.25, 0.3) is 33.1 Å². The number of nitrogens with one attached hydrogen (secondary N) is 1. The molecule has 4 nitrogen and oxygen atoms in total. The monoisotopic (exact) mass is 326 g/mol. The second kappa shape index (κ2) is 5.18. The SMILES string of the molecule is C=C1CCc2c(-c3cccc4ccccc34)nc3[nH]nc(N)c3c2C1. The van der Waals surface area contributed by atoms with E-state index in [4.69, 9.17) is 10.7 Å². The first-order chi connectivity index (χ1) is 12.2. The molecule has 0 bridgehead atoms. The second-order valence-corrected chi connectivity index (χ2v) is 6.70. The smallest absolute Gasteiger partial charge is 0.158 e. The molecule has 3 N–H and O–H groups in total. The number of nitrogens with zero attached hydrogens (tertiary/aromatic N) is 2. The molecule has 2 aromatic carbocycles. The van der Waals surface area contributed by atoms with Gasteiger partial charge in [-0.25, -0.2) is 4.98 Å². The van der Waals surface area contributed by atoms with E-state index in [1.54, 1.807) is 0 Å². The van der Waals surface area contributed by atoms with Crippen LogP contribution in [0, 0.1) is 0 Å². The molecule has 5 rings (SSSR count). The molecule has 0 spiro atoms. The summed E-state index contributed by atoms with van der Waals surface area (Å²) in [7, 11) is 0. The van der Waals surface area contributed by atoms with Crippen molar-refractivity contribution in [3.63, 3.8) is 0 Å². The number of pyridine rings is 1. The Bertz CT molecular complexity index is 1150. The molecule has 4 aromatic rings. The molecule has 0 atom stereocenters. The topological polar surface area (TPSA) is 67.6 Å². The maximum atomic E-state index is 6.11. The van der Waals surface area contributed by atoms with Crippen LogP contribution in [0.3, 0.4) is 0 Å². The summed E-state index contributed by atoms with van der Waals surface area (Å²) < 4.78 is 0. The van der Waals surface area contributed by atoms with Crippen molar-refractivity contribution in [1.29, 1.82) is 0 Å². The van der Waals surface area contributed by atoms with Crippen LogP contribution in [-0.4, -0.2) is 15.2 Å². The number of nitrogens with two attached hydrogens (primary N) is 1. The Morgan fingerprint density at radius 2 is 1.84 bits per heavy atom. The predicted molar refractivity (Wildman–Crippen MR) is 102 cm³/mol. The summed E-state index contributed by atoms with van der Waals surface area (Å²) in [5.41, 5.74) is 12.8. The minimum atomic E-state index is 0.526. The number of fused-ring (bicyclic) bond motifs is 4. The molecular formula is C21H18N4. The Morgan fingerprint density at radius 3 is 2.76 bits per heavy atom. The highest BCUT2D eigenvalue weighted by Crippen LogP contribution is 2.39. The summed E-state index contributed by atoms with van der Waals surface area (Å²) in [4.78, 5) is 4.93. The molecule has 0 amide bonds. The average Bonchev–Trinajstić information content (AvgIpc) is 3.01. The molecule has 0 fully saturated rings. The van der Waals surface area contributed by atoms with Gasteiger partial charge in [-0.2, -0.15) is 5.10 Å². The Labute approximate surface area is 145 Å². The van der Waals surface area contributed by atoms with Crippen molar-refractivity contribution in [2.24, 2.45) is 0 Å². The van der Waals surface area contributed by atoms with Crippen molar-refractivity contribution in [2.45, 2.75) is 19.3 Å². The largest absolute Gasteiger partial charge is 0.382 e. The van der Waals surface area contributed by atoms with Crippen molar-refractivity contribution >= 4 is 27.6 Å². The van der Waals surface area contributed by atoms with Gasteiger partial charge in [0.15, 0.2) is 11.5 Å². The molecule has 0 saturated carbocycles. The molecule has 1 aliphatic rings. The van der Waals surface area contributed by atoms with Crippen LogP contribution >= 0.6 is 0 Å². The zero-order chi connectivity index (χ0) is 17.0. The lowest BCUT2D eigenvalue weighted by atomic mass is 9.84. The molecule has 122 valence electrons. The Morgan fingerprint density at radius 1 is 1.00 bits per heavy atom. The number of aromatic amines is 1. The van der Waals surface area contributed by atoms with Gasteiger partial charge in [0.2, 0.25) is 0 Å². The van der Waals surface area contributed by atoms with Gasteiger partial charge in [-0.15, -0.1) is 0 Å². The van der Waals surface area contributed by atoms with Crippen LogP contribution in [0.15, 0.2) is 54.6 Å². The second-order valence-electron chi connectivity index (χ2n) is 6.70. The molecule has 0 saturated heterocycles. The summed E-state index contributed by atoms with van der Waals surface area (Å²) >= 11 is 0. The average molecular weight is 326 g/mol. The number of nitrogen functional groups attached to an aromatic ring is 1. The Balaban J connectivity index is 1.89. The summed E-state index contributed by atoms with van der Waals surface area (Å²) in [6, 6.07) is 14.8. The molecule has 2 heterocycles. The van der Waals surface area contributed by atoms with Crippen LogP contribution in [0.2, 0.25) is 0 Å². The van der Waals surface area contributed by atoms with Crippen molar-refractivity contribution < 1.29 is 0 Å². The number of allylic oxidation sites excluding steroid dienone is 1. The van der Waals surface area contributed by atoms with E-state index in [0.29, 0.717) is 5.82 Å². The van der Waals surface area contributed by atoms with Gasteiger partial charge in [-0.05, 0) is 41.2 Å². The third kappa shape index (κ3) is 2.07. The molecule has 0 unspecified atom stereocenters. The maximum Gasteiger partial charge on any atom is 0.158 e. The molecule has 0 aliphatic heterocycles. The minimum Gasteiger partial charge on any atom is -0.382 e. The fraction of sp³-hybridized carbons (Fsp3) is 0.143. The van der Waals surface area contributed by atoms with Crippen LogP contribution in [0.1, 0.15) is 17.5 Å². The standard InChI is InChI=1S/C21H18N4/c1-12-9-10-16-17(11-12)18-20(22)24-25-21(18)23-19(16)15-8-4-6-13-5-2-3-7-14(13)15/h2-8H,1,9-11H2,(H3,22,23,24,25). The van der Waals surface area contributed by atoms with E-state index >= 15 is 0 Å². The van der Waals surface area contributed by atoms with Gasteiger partial charge >= 0.3 is 0 Å². The van der Waals surface area contributed by atoms with E-state index in [-0.39, 0.29) is 0 Å². The van der Waals surface area contributed by atoms with Crippen LogP contribution in [0.4, 0.5) is 5.82 Å². The normalized spacial score (nSPS) is 14.2. The quantitative estimate of drug-likeness (QED) is 0.509.